The van der Waals surface area contributed by atoms with Crippen LogP contribution in [0.2, 0.25) is 0 Å². The van der Waals surface area contributed by atoms with Crippen molar-refractivity contribution in [3.8, 4) is 5.75 Å². The Balaban J connectivity index is 2.05. The zero-order valence-corrected chi connectivity index (χ0v) is 17.3. The number of halogens is 1. The van der Waals surface area contributed by atoms with Gasteiger partial charge in [-0.15, -0.1) is 11.3 Å². The van der Waals surface area contributed by atoms with Crippen molar-refractivity contribution in [2.45, 2.75) is 12.5 Å². The number of aliphatic hydroxyl groups is 1. The molecule has 1 amide bonds. The maximum atomic E-state index is 14.1. The van der Waals surface area contributed by atoms with E-state index in [2.05, 4.69) is 0 Å². The number of Topliss-reactive ketones (excluding diaryl/α,β-unsaturated/α-hetero) is 1. The molecule has 0 aliphatic carbocycles. The lowest BCUT2D eigenvalue weighted by atomic mass is 9.99. The van der Waals surface area contributed by atoms with Crippen LogP contribution < -0.4 is 4.74 Å². The first kappa shape index (κ1) is 21.0. The van der Waals surface area contributed by atoms with E-state index in [9.17, 15) is 19.1 Å². The molecule has 1 aromatic carbocycles. The van der Waals surface area contributed by atoms with Crippen LogP contribution >= 0.6 is 11.3 Å². The van der Waals surface area contributed by atoms with Crippen LogP contribution in [0.5, 0.6) is 5.75 Å². The summed E-state index contributed by atoms with van der Waals surface area (Å²) in [7, 11) is 5.21. The van der Waals surface area contributed by atoms with Crippen LogP contribution in [-0.4, -0.2) is 60.9 Å². The Morgan fingerprint density at radius 3 is 2.66 bits per heavy atom. The fourth-order valence-electron chi connectivity index (χ4n) is 3.38. The van der Waals surface area contributed by atoms with Crippen LogP contribution in [0, 0.1) is 5.82 Å². The summed E-state index contributed by atoms with van der Waals surface area (Å²) in [6.45, 7) is 1.13. The van der Waals surface area contributed by atoms with Gasteiger partial charge in [0, 0.05) is 17.0 Å². The van der Waals surface area contributed by atoms with Gasteiger partial charge in [0.15, 0.2) is 11.6 Å². The van der Waals surface area contributed by atoms with E-state index in [4.69, 9.17) is 4.74 Å². The van der Waals surface area contributed by atoms with Crippen molar-refractivity contribution in [2.75, 3.05) is 34.3 Å². The first-order valence-electron chi connectivity index (χ1n) is 9.15. The lowest BCUT2D eigenvalue weighted by Crippen LogP contribution is -2.32. The Bertz CT molecular complexity index is 940. The van der Waals surface area contributed by atoms with Gasteiger partial charge in [0.1, 0.15) is 5.76 Å². The molecule has 8 heteroatoms. The molecule has 1 fully saturated rings. The van der Waals surface area contributed by atoms with E-state index < -0.39 is 29.3 Å². The van der Waals surface area contributed by atoms with Gasteiger partial charge in [0.25, 0.3) is 11.7 Å². The molecule has 0 unspecified atom stereocenters. The molecule has 0 radical (unpaired) electrons. The molecule has 1 aromatic heterocycles. The third-order valence-electron chi connectivity index (χ3n) is 4.78. The average Bonchev–Trinajstić information content (AvgIpc) is 3.29. The summed E-state index contributed by atoms with van der Waals surface area (Å²) < 4.78 is 19.0. The fourth-order valence-corrected chi connectivity index (χ4v) is 4.23. The summed E-state index contributed by atoms with van der Waals surface area (Å²) in [4.78, 5) is 29.8. The normalized spacial score (nSPS) is 18.7. The highest BCUT2D eigenvalue weighted by Crippen LogP contribution is 2.41. The van der Waals surface area contributed by atoms with Crippen LogP contribution in [0.15, 0.2) is 41.3 Å². The zero-order valence-electron chi connectivity index (χ0n) is 16.5. The van der Waals surface area contributed by atoms with E-state index in [1.807, 2.05) is 36.5 Å². The molecule has 3 rings (SSSR count). The molecule has 29 heavy (non-hydrogen) atoms. The molecule has 1 saturated heterocycles. The SMILES string of the molecule is COc1ccc(/C(O)=C2\C(=O)C(=O)N(CCCN(C)C)[C@H]2c2cccs2)cc1F. The summed E-state index contributed by atoms with van der Waals surface area (Å²) in [5.41, 5.74) is 0.100. The molecule has 154 valence electrons. The number of likely N-dealkylation sites (tertiary alicyclic amines) is 1. The van der Waals surface area contributed by atoms with E-state index in [1.54, 1.807) is 0 Å². The van der Waals surface area contributed by atoms with Crippen LogP contribution in [0.4, 0.5) is 4.39 Å². The topological polar surface area (TPSA) is 70.1 Å². The van der Waals surface area contributed by atoms with Gasteiger partial charge < -0.3 is 19.6 Å². The van der Waals surface area contributed by atoms with Gasteiger partial charge >= 0.3 is 0 Å². The molecule has 1 aliphatic rings. The van der Waals surface area contributed by atoms with Gasteiger partial charge in [-0.3, -0.25) is 9.59 Å². The van der Waals surface area contributed by atoms with E-state index in [-0.39, 0.29) is 16.9 Å². The molecule has 1 atom stereocenters. The Labute approximate surface area is 172 Å². The number of methoxy groups -OCH3 is 1. The maximum Gasteiger partial charge on any atom is 0.295 e. The summed E-state index contributed by atoms with van der Waals surface area (Å²) in [5, 5.41) is 12.7. The zero-order chi connectivity index (χ0) is 21.1. The van der Waals surface area contributed by atoms with Gasteiger partial charge in [-0.2, -0.15) is 0 Å². The Hall–Kier alpha value is -2.71. The third-order valence-corrected chi connectivity index (χ3v) is 5.71. The molecule has 6 nitrogen and oxygen atoms in total. The standard InChI is InChI=1S/C21H23FN2O4S/c1-23(2)9-5-10-24-18(16-6-4-11-29-16)17(20(26)21(24)27)19(25)13-7-8-15(28-3)14(22)12-13/h4,6-8,11-12,18,25H,5,9-10H2,1-3H3/b19-17+/t18-/m0/s1. The summed E-state index contributed by atoms with van der Waals surface area (Å²) in [6.07, 6.45) is 0.680. The van der Waals surface area contributed by atoms with Gasteiger partial charge in [-0.25, -0.2) is 4.39 Å². The molecule has 2 aromatic rings. The third kappa shape index (κ3) is 4.18. The van der Waals surface area contributed by atoms with Crippen molar-refractivity contribution in [3.05, 3.63) is 57.5 Å². The average molecular weight is 418 g/mol. The van der Waals surface area contributed by atoms with Gasteiger partial charge in [-0.1, -0.05) is 6.07 Å². The molecule has 0 saturated carbocycles. The van der Waals surface area contributed by atoms with E-state index in [1.165, 1.54) is 35.5 Å². The number of thiophene rings is 1. The second kappa shape index (κ2) is 8.75. The Morgan fingerprint density at radius 1 is 1.31 bits per heavy atom. The van der Waals surface area contributed by atoms with Gasteiger partial charge in [0.2, 0.25) is 0 Å². The lowest BCUT2D eigenvalue weighted by molar-refractivity contribution is -0.139. The first-order valence-corrected chi connectivity index (χ1v) is 10.0. The molecule has 2 heterocycles. The highest BCUT2D eigenvalue weighted by molar-refractivity contribution is 7.10. The van der Waals surface area contributed by atoms with Crippen LogP contribution in [-0.2, 0) is 9.59 Å². The number of aliphatic hydroxyl groups excluding tert-OH is 1. The summed E-state index contributed by atoms with van der Waals surface area (Å²) in [6, 6.07) is 6.89. The minimum absolute atomic E-state index is 0.0214. The molecule has 1 N–H and O–H groups in total. The number of ketones is 1. The summed E-state index contributed by atoms with van der Waals surface area (Å²) in [5.74, 6) is -2.44. The van der Waals surface area contributed by atoms with E-state index in [0.717, 1.165) is 17.5 Å². The minimum Gasteiger partial charge on any atom is -0.507 e. The van der Waals surface area contributed by atoms with E-state index >= 15 is 0 Å². The number of amides is 1. The number of nitrogens with zero attached hydrogens (tertiary/aromatic N) is 2. The number of carbonyl (C=O) groups excluding carboxylic acids is 2. The second-order valence-electron chi connectivity index (χ2n) is 7.01. The predicted molar refractivity (Wildman–Crippen MR) is 109 cm³/mol. The van der Waals surface area contributed by atoms with Crippen LogP contribution in [0.25, 0.3) is 5.76 Å². The highest BCUT2D eigenvalue weighted by Gasteiger charge is 2.46. The second-order valence-corrected chi connectivity index (χ2v) is 7.99. The van der Waals surface area contributed by atoms with Crippen molar-refractivity contribution in [1.82, 2.24) is 9.80 Å². The Kier molecular flexibility index (Phi) is 6.34. The lowest BCUT2D eigenvalue weighted by Gasteiger charge is -2.24. The molecular formula is C21H23FN2O4S. The molecular weight excluding hydrogens is 395 g/mol. The first-order chi connectivity index (χ1) is 13.8. The number of carbonyl (C=O) groups is 2. The van der Waals surface area contributed by atoms with Crippen molar-refractivity contribution < 1.29 is 23.8 Å². The summed E-state index contributed by atoms with van der Waals surface area (Å²) >= 11 is 1.40. The number of benzene rings is 1. The maximum absolute atomic E-state index is 14.1. The largest absolute Gasteiger partial charge is 0.507 e. The number of hydrogen-bond donors (Lipinski definition) is 1. The van der Waals surface area contributed by atoms with Gasteiger partial charge in [0.05, 0.1) is 18.7 Å². The molecule has 1 aliphatic heterocycles. The van der Waals surface area contributed by atoms with Crippen molar-refractivity contribution in [2.24, 2.45) is 0 Å². The van der Waals surface area contributed by atoms with Crippen molar-refractivity contribution in [1.29, 1.82) is 0 Å². The fraction of sp³-hybridized carbons (Fsp3) is 0.333. The van der Waals surface area contributed by atoms with Gasteiger partial charge in [-0.05, 0) is 56.7 Å². The van der Waals surface area contributed by atoms with Crippen LogP contribution in [0.1, 0.15) is 22.9 Å². The van der Waals surface area contributed by atoms with E-state index in [0.29, 0.717) is 13.0 Å². The van der Waals surface area contributed by atoms with Crippen molar-refractivity contribution in [3.63, 3.8) is 0 Å². The molecule has 0 spiro atoms. The highest BCUT2D eigenvalue weighted by atomic mass is 32.1. The quantitative estimate of drug-likeness (QED) is 0.425. The molecule has 0 bridgehead atoms. The minimum atomic E-state index is -0.762. The predicted octanol–water partition coefficient (Wildman–Crippen LogP) is 3.27. The number of rotatable bonds is 7. The number of hydrogen-bond acceptors (Lipinski definition) is 6. The van der Waals surface area contributed by atoms with Crippen molar-refractivity contribution >= 4 is 28.8 Å². The Morgan fingerprint density at radius 2 is 2.07 bits per heavy atom. The number of ether oxygens (including phenoxy) is 1. The monoisotopic (exact) mass is 418 g/mol. The smallest absolute Gasteiger partial charge is 0.295 e. The van der Waals surface area contributed by atoms with Crippen LogP contribution in [0.3, 0.4) is 0 Å².